The summed E-state index contributed by atoms with van der Waals surface area (Å²) >= 11 is 0. The van der Waals surface area contributed by atoms with Gasteiger partial charge in [0.2, 0.25) is 0 Å². The number of hydrogen-bond acceptors (Lipinski definition) is 3. The van der Waals surface area contributed by atoms with E-state index in [9.17, 15) is 9.18 Å². The third kappa shape index (κ3) is 3.73. The van der Waals surface area contributed by atoms with Crippen molar-refractivity contribution >= 4 is 6.09 Å². The number of carbonyl (C=O) groups excluding carboxylic acids is 1. The summed E-state index contributed by atoms with van der Waals surface area (Å²) < 4.78 is 19.0. The molecule has 0 saturated carbocycles. The fourth-order valence-electron chi connectivity index (χ4n) is 2.50. The predicted octanol–water partition coefficient (Wildman–Crippen LogP) is 2.80. The van der Waals surface area contributed by atoms with Gasteiger partial charge < -0.3 is 15.4 Å². The molecule has 1 saturated heterocycles. The van der Waals surface area contributed by atoms with E-state index in [0.29, 0.717) is 18.7 Å². The van der Waals surface area contributed by atoms with E-state index in [-0.39, 0.29) is 23.9 Å². The Morgan fingerprint density at radius 1 is 1.38 bits per heavy atom. The zero-order valence-corrected chi connectivity index (χ0v) is 13.0. The molecule has 0 aromatic heterocycles. The molecule has 0 unspecified atom stereocenters. The summed E-state index contributed by atoms with van der Waals surface area (Å²) in [7, 11) is 0. The van der Waals surface area contributed by atoms with E-state index in [2.05, 4.69) is 0 Å². The smallest absolute Gasteiger partial charge is 0.410 e. The van der Waals surface area contributed by atoms with E-state index in [1.165, 1.54) is 6.07 Å². The summed E-state index contributed by atoms with van der Waals surface area (Å²) in [4.78, 5) is 13.7. The molecule has 0 radical (unpaired) electrons. The number of carbonyl (C=O) groups is 1. The summed E-state index contributed by atoms with van der Waals surface area (Å²) in [6.45, 7) is 8.09. The highest BCUT2D eigenvalue weighted by molar-refractivity contribution is 5.69. The number of likely N-dealkylation sites (tertiary alicyclic amines) is 1. The maximum atomic E-state index is 13.7. The second-order valence-electron chi connectivity index (χ2n) is 6.66. The van der Waals surface area contributed by atoms with Crippen LogP contribution in [0.25, 0.3) is 0 Å². The van der Waals surface area contributed by atoms with E-state index >= 15 is 0 Å². The first-order chi connectivity index (χ1) is 9.67. The molecule has 5 heteroatoms. The number of nitrogens with two attached hydrogens (primary N) is 1. The first kappa shape index (κ1) is 15.8. The average molecular weight is 294 g/mol. The molecule has 2 atom stereocenters. The normalized spacial score (nSPS) is 22.5. The lowest BCUT2D eigenvalue weighted by Gasteiger charge is -2.24. The molecule has 0 bridgehead atoms. The van der Waals surface area contributed by atoms with Crippen LogP contribution in [-0.4, -0.2) is 35.7 Å². The number of benzene rings is 1. The Kier molecular flexibility index (Phi) is 4.23. The lowest BCUT2D eigenvalue weighted by atomic mass is 9.94. The maximum Gasteiger partial charge on any atom is 0.410 e. The van der Waals surface area contributed by atoms with Crippen molar-refractivity contribution in [2.75, 3.05) is 13.1 Å². The summed E-state index contributed by atoms with van der Waals surface area (Å²) in [6.07, 6.45) is -0.368. The van der Waals surface area contributed by atoms with Crippen LogP contribution in [-0.2, 0) is 4.74 Å². The first-order valence-corrected chi connectivity index (χ1v) is 7.17. The van der Waals surface area contributed by atoms with Crippen LogP contribution in [0.2, 0.25) is 0 Å². The molecule has 1 amide bonds. The highest BCUT2D eigenvalue weighted by Crippen LogP contribution is 2.28. The topological polar surface area (TPSA) is 55.6 Å². The van der Waals surface area contributed by atoms with Gasteiger partial charge in [0.25, 0.3) is 0 Å². The Labute approximate surface area is 125 Å². The summed E-state index contributed by atoms with van der Waals surface area (Å²) in [5.41, 5.74) is 7.02. The number of halogens is 1. The lowest BCUT2D eigenvalue weighted by Crippen LogP contribution is -2.36. The zero-order valence-electron chi connectivity index (χ0n) is 13.0. The van der Waals surface area contributed by atoms with Gasteiger partial charge in [0, 0.05) is 25.0 Å². The number of rotatable bonds is 1. The molecule has 0 spiro atoms. The molecule has 1 aliphatic heterocycles. The Balaban J connectivity index is 2.10. The molecule has 1 aromatic carbocycles. The van der Waals surface area contributed by atoms with E-state index in [0.717, 1.165) is 5.56 Å². The van der Waals surface area contributed by atoms with Crippen LogP contribution < -0.4 is 5.73 Å². The number of aryl methyl sites for hydroxylation is 1. The van der Waals surface area contributed by atoms with Gasteiger partial charge in [-0.15, -0.1) is 0 Å². The van der Waals surface area contributed by atoms with Crippen molar-refractivity contribution < 1.29 is 13.9 Å². The van der Waals surface area contributed by atoms with Crippen LogP contribution in [0.4, 0.5) is 9.18 Å². The van der Waals surface area contributed by atoms with Crippen LogP contribution in [0.15, 0.2) is 18.2 Å². The minimum absolute atomic E-state index is 0.0624. The Hall–Kier alpha value is -1.62. The van der Waals surface area contributed by atoms with Crippen LogP contribution >= 0.6 is 0 Å². The van der Waals surface area contributed by atoms with Gasteiger partial charge >= 0.3 is 6.09 Å². The van der Waals surface area contributed by atoms with Crippen molar-refractivity contribution in [3.05, 3.63) is 35.1 Å². The molecule has 2 rings (SSSR count). The standard InChI is InChI=1S/C16H23FN2O2/c1-10-5-6-11(7-13(10)17)12-8-19(9-14(12)18)15(20)21-16(2,3)4/h5-7,12,14H,8-9,18H2,1-4H3/t12-,14+/m1/s1. The molecule has 4 nitrogen and oxygen atoms in total. The van der Waals surface area contributed by atoms with Gasteiger partial charge in [-0.25, -0.2) is 9.18 Å². The molecule has 1 heterocycles. The van der Waals surface area contributed by atoms with Gasteiger partial charge in [0.15, 0.2) is 0 Å². The van der Waals surface area contributed by atoms with Gasteiger partial charge in [-0.05, 0) is 44.9 Å². The maximum absolute atomic E-state index is 13.7. The first-order valence-electron chi connectivity index (χ1n) is 7.17. The van der Waals surface area contributed by atoms with Crippen LogP contribution in [0, 0.1) is 12.7 Å². The molecule has 21 heavy (non-hydrogen) atoms. The number of ether oxygens (including phenoxy) is 1. The van der Waals surface area contributed by atoms with E-state index in [1.54, 1.807) is 17.9 Å². The molecular weight excluding hydrogens is 271 g/mol. The quantitative estimate of drug-likeness (QED) is 0.866. The number of hydrogen-bond donors (Lipinski definition) is 1. The SMILES string of the molecule is Cc1ccc([C@H]2CN(C(=O)OC(C)(C)C)C[C@@H]2N)cc1F. The largest absolute Gasteiger partial charge is 0.444 e. The molecule has 1 fully saturated rings. The average Bonchev–Trinajstić information content (AvgIpc) is 2.73. The highest BCUT2D eigenvalue weighted by Gasteiger charge is 2.36. The van der Waals surface area contributed by atoms with Gasteiger partial charge in [0.05, 0.1) is 0 Å². The molecule has 1 aromatic rings. The fraction of sp³-hybridized carbons (Fsp3) is 0.562. The van der Waals surface area contributed by atoms with Crippen molar-refractivity contribution in [2.45, 2.75) is 45.3 Å². The lowest BCUT2D eigenvalue weighted by molar-refractivity contribution is 0.0290. The minimum Gasteiger partial charge on any atom is -0.444 e. The molecule has 1 aliphatic rings. The van der Waals surface area contributed by atoms with Gasteiger partial charge in [-0.3, -0.25) is 0 Å². The van der Waals surface area contributed by atoms with Crippen molar-refractivity contribution in [1.82, 2.24) is 4.90 Å². The Morgan fingerprint density at radius 2 is 2.05 bits per heavy atom. The van der Waals surface area contributed by atoms with Crippen LogP contribution in [0.1, 0.15) is 37.8 Å². The second kappa shape index (κ2) is 5.64. The third-order valence-electron chi connectivity index (χ3n) is 3.64. The zero-order chi connectivity index (χ0) is 15.8. The third-order valence-corrected chi connectivity index (χ3v) is 3.64. The summed E-state index contributed by atoms with van der Waals surface area (Å²) in [5, 5.41) is 0. The minimum atomic E-state index is -0.533. The highest BCUT2D eigenvalue weighted by atomic mass is 19.1. The summed E-state index contributed by atoms with van der Waals surface area (Å²) in [6, 6.07) is 4.92. The van der Waals surface area contributed by atoms with Crippen LogP contribution in [0.5, 0.6) is 0 Å². The van der Waals surface area contributed by atoms with E-state index in [1.807, 2.05) is 26.8 Å². The molecule has 2 N–H and O–H groups in total. The van der Waals surface area contributed by atoms with Gasteiger partial charge in [-0.2, -0.15) is 0 Å². The van der Waals surface area contributed by atoms with Gasteiger partial charge in [-0.1, -0.05) is 12.1 Å². The molecule has 0 aliphatic carbocycles. The number of amides is 1. The molecular formula is C16H23FN2O2. The van der Waals surface area contributed by atoms with Crippen molar-refractivity contribution in [3.8, 4) is 0 Å². The monoisotopic (exact) mass is 294 g/mol. The number of nitrogens with zero attached hydrogens (tertiary/aromatic N) is 1. The van der Waals surface area contributed by atoms with E-state index in [4.69, 9.17) is 10.5 Å². The second-order valence-corrected chi connectivity index (χ2v) is 6.66. The van der Waals surface area contributed by atoms with E-state index < -0.39 is 5.60 Å². The van der Waals surface area contributed by atoms with Gasteiger partial charge in [0.1, 0.15) is 11.4 Å². The Morgan fingerprint density at radius 3 is 2.62 bits per heavy atom. The Bertz CT molecular complexity index is 540. The van der Waals surface area contributed by atoms with Crippen molar-refractivity contribution in [2.24, 2.45) is 5.73 Å². The fourth-order valence-corrected chi connectivity index (χ4v) is 2.50. The molecule has 116 valence electrons. The van der Waals surface area contributed by atoms with Crippen molar-refractivity contribution in [1.29, 1.82) is 0 Å². The predicted molar refractivity (Wildman–Crippen MR) is 79.7 cm³/mol. The van der Waals surface area contributed by atoms with Crippen molar-refractivity contribution in [3.63, 3.8) is 0 Å². The summed E-state index contributed by atoms with van der Waals surface area (Å²) in [5.74, 6) is -0.303. The van der Waals surface area contributed by atoms with Crippen LogP contribution in [0.3, 0.4) is 0 Å².